The van der Waals surface area contributed by atoms with E-state index >= 15 is 0 Å². The van der Waals surface area contributed by atoms with Gasteiger partial charge < -0.3 is 14.2 Å². The molecule has 1 aliphatic rings. The van der Waals surface area contributed by atoms with Crippen LogP contribution in [0.1, 0.15) is 25.2 Å². The molecule has 1 amide bonds. The zero-order valence-electron chi connectivity index (χ0n) is 14.8. The normalized spacial score (nSPS) is 16.7. The molecule has 1 saturated heterocycles. The highest BCUT2D eigenvalue weighted by Gasteiger charge is 2.35. The number of hydrogen-bond acceptors (Lipinski definition) is 5. The Bertz CT molecular complexity index is 955. The second-order valence-electron chi connectivity index (χ2n) is 6.30. The molecule has 0 spiro atoms. The van der Waals surface area contributed by atoms with E-state index in [4.69, 9.17) is 9.26 Å². The predicted octanol–water partition coefficient (Wildman–Crippen LogP) is 3.79. The van der Waals surface area contributed by atoms with E-state index in [-0.39, 0.29) is 24.1 Å². The lowest BCUT2D eigenvalue weighted by Crippen LogP contribution is -2.24. The Hall–Kier alpha value is -3.22. The molecule has 7 heteroatoms. The van der Waals surface area contributed by atoms with Crippen molar-refractivity contribution in [2.45, 2.75) is 19.3 Å². The van der Waals surface area contributed by atoms with Crippen molar-refractivity contribution in [3.8, 4) is 17.1 Å². The molecule has 1 aromatic heterocycles. The zero-order valence-corrected chi connectivity index (χ0v) is 14.8. The number of carbonyl (C=O) groups excluding carboxylic acids is 1. The van der Waals surface area contributed by atoms with E-state index in [0.29, 0.717) is 30.6 Å². The molecule has 27 heavy (non-hydrogen) atoms. The van der Waals surface area contributed by atoms with Crippen LogP contribution >= 0.6 is 0 Å². The quantitative estimate of drug-likeness (QED) is 0.686. The van der Waals surface area contributed by atoms with E-state index in [1.807, 2.05) is 31.2 Å². The van der Waals surface area contributed by atoms with Gasteiger partial charge in [0, 0.05) is 24.2 Å². The maximum atomic E-state index is 13.1. The standard InChI is InChI=1S/C20H18FN3O3/c1-2-26-17-5-3-4-13(10-17)19-22-20(27-23-19)14-11-18(25)24(12-14)16-8-6-15(21)7-9-16/h3-10,14H,2,11-12H2,1H3. The van der Waals surface area contributed by atoms with Crippen molar-refractivity contribution in [1.29, 1.82) is 0 Å². The van der Waals surface area contributed by atoms with Crippen molar-refractivity contribution in [3.05, 3.63) is 60.2 Å². The lowest BCUT2D eigenvalue weighted by molar-refractivity contribution is -0.117. The summed E-state index contributed by atoms with van der Waals surface area (Å²) >= 11 is 0. The second-order valence-corrected chi connectivity index (χ2v) is 6.30. The number of aromatic nitrogens is 2. The predicted molar refractivity (Wildman–Crippen MR) is 97.0 cm³/mol. The van der Waals surface area contributed by atoms with Crippen LogP contribution < -0.4 is 9.64 Å². The van der Waals surface area contributed by atoms with Gasteiger partial charge in [-0.3, -0.25) is 4.79 Å². The topological polar surface area (TPSA) is 68.5 Å². The molecule has 0 bridgehead atoms. The first-order chi connectivity index (χ1) is 13.1. The molecule has 0 saturated carbocycles. The van der Waals surface area contributed by atoms with E-state index in [0.717, 1.165) is 11.3 Å². The molecule has 2 heterocycles. The van der Waals surface area contributed by atoms with Gasteiger partial charge in [-0.25, -0.2) is 4.39 Å². The van der Waals surface area contributed by atoms with Crippen LogP contribution in [-0.2, 0) is 4.79 Å². The van der Waals surface area contributed by atoms with E-state index in [1.165, 1.54) is 12.1 Å². The Morgan fingerprint density at radius 1 is 1.26 bits per heavy atom. The van der Waals surface area contributed by atoms with Gasteiger partial charge in [0.15, 0.2) is 0 Å². The summed E-state index contributed by atoms with van der Waals surface area (Å²) in [6, 6.07) is 13.3. The number of nitrogens with zero attached hydrogens (tertiary/aromatic N) is 3. The van der Waals surface area contributed by atoms with E-state index in [9.17, 15) is 9.18 Å². The van der Waals surface area contributed by atoms with Crippen LogP contribution in [0.25, 0.3) is 11.4 Å². The van der Waals surface area contributed by atoms with E-state index < -0.39 is 0 Å². The highest BCUT2D eigenvalue weighted by Crippen LogP contribution is 2.32. The fourth-order valence-electron chi connectivity index (χ4n) is 3.15. The number of rotatable bonds is 5. The fourth-order valence-corrected chi connectivity index (χ4v) is 3.15. The Balaban J connectivity index is 1.53. The van der Waals surface area contributed by atoms with Gasteiger partial charge >= 0.3 is 0 Å². The average Bonchev–Trinajstić information content (AvgIpc) is 3.30. The van der Waals surface area contributed by atoms with Crippen molar-refractivity contribution in [2.24, 2.45) is 0 Å². The number of carbonyl (C=O) groups is 1. The molecule has 4 rings (SSSR count). The van der Waals surface area contributed by atoms with Crippen molar-refractivity contribution in [2.75, 3.05) is 18.1 Å². The summed E-state index contributed by atoms with van der Waals surface area (Å²) < 4.78 is 24.0. The van der Waals surface area contributed by atoms with Crippen LogP contribution in [0.15, 0.2) is 53.1 Å². The number of amides is 1. The Labute approximate surface area is 155 Å². The fraction of sp³-hybridized carbons (Fsp3) is 0.250. The van der Waals surface area contributed by atoms with Crippen molar-refractivity contribution in [3.63, 3.8) is 0 Å². The van der Waals surface area contributed by atoms with Gasteiger partial charge in [-0.2, -0.15) is 4.98 Å². The summed E-state index contributed by atoms with van der Waals surface area (Å²) in [4.78, 5) is 18.4. The van der Waals surface area contributed by atoms with Crippen LogP contribution in [0.2, 0.25) is 0 Å². The van der Waals surface area contributed by atoms with Crippen LogP contribution in [-0.4, -0.2) is 29.2 Å². The Morgan fingerprint density at radius 3 is 2.85 bits per heavy atom. The van der Waals surface area contributed by atoms with E-state index in [1.54, 1.807) is 17.0 Å². The number of benzene rings is 2. The van der Waals surface area contributed by atoms with Crippen molar-refractivity contribution in [1.82, 2.24) is 10.1 Å². The van der Waals surface area contributed by atoms with Gasteiger partial charge in [0.1, 0.15) is 11.6 Å². The number of ether oxygens (including phenoxy) is 1. The largest absolute Gasteiger partial charge is 0.494 e. The summed E-state index contributed by atoms with van der Waals surface area (Å²) in [5.41, 5.74) is 1.45. The highest BCUT2D eigenvalue weighted by molar-refractivity contribution is 5.96. The smallest absolute Gasteiger partial charge is 0.232 e. The van der Waals surface area contributed by atoms with Gasteiger partial charge in [-0.1, -0.05) is 17.3 Å². The molecule has 1 atom stereocenters. The van der Waals surface area contributed by atoms with Gasteiger partial charge in [0.05, 0.1) is 12.5 Å². The van der Waals surface area contributed by atoms with Crippen molar-refractivity contribution < 1.29 is 18.4 Å². The molecule has 0 radical (unpaired) electrons. The van der Waals surface area contributed by atoms with Gasteiger partial charge in [-0.15, -0.1) is 0 Å². The molecule has 1 unspecified atom stereocenters. The minimum Gasteiger partial charge on any atom is -0.494 e. The molecule has 1 aliphatic heterocycles. The third-order valence-electron chi connectivity index (χ3n) is 4.46. The summed E-state index contributed by atoms with van der Waals surface area (Å²) in [6.45, 7) is 2.92. The Kier molecular flexibility index (Phi) is 4.58. The first kappa shape index (κ1) is 17.2. The molecular weight excluding hydrogens is 349 g/mol. The number of hydrogen-bond donors (Lipinski definition) is 0. The molecular formula is C20H18FN3O3. The first-order valence-corrected chi connectivity index (χ1v) is 8.77. The van der Waals surface area contributed by atoms with E-state index in [2.05, 4.69) is 10.1 Å². The van der Waals surface area contributed by atoms with Crippen molar-refractivity contribution >= 4 is 11.6 Å². The summed E-state index contributed by atoms with van der Waals surface area (Å²) in [7, 11) is 0. The molecule has 0 aliphatic carbocycles. The number of halogens is 1. The highest BCUT2D eigenvalue weighted by atomic mass is 19.1. The van der Waals surface area contributed by atoms with Gasteiger partial charge in [0.25, 0.3) is 0 Å². The van der Waals surface area contributed by atoms with Crippen LogP contribution in [0, 0.1) is 5.82 Å². The van der Waals surface area contributed by atoms with Gasteiger partial charge in [-0.05, 0) is 43.3 Å². The van der Waals surface area contributed by atoms with Crippen LogP contribution in [0.3, 0.4) is 0 Å². The lowest BCUT2D eigenvalue weighted by Gasteiger charge is -2.15. The summed E-state index contributed by atoms with van der Waals surface area (Å²) in [6.07, 6.45) is 0.276. The molecule has 6 nitrogen and oxygen atoms in total. The van der Waals surface area contributed by atoms with Crippen LogP contribution in [0.4, 0.5) is 10.1 Å². The molecule has 3 aromatic rings. The first-order valence-electron chi connectivity index (χ1n) is 8.77. The van der Waals surface area contributed by atoms with Crippen LogP contribution in [0.5, 0.6) is 5.75 Å². The average molecular weight is 367 g/mol. The summed E-state index contributed by atoms with van der Waals surface area (Å²) in [5.74, 6) is 1.03. The van der Waals surface area contributed by atoms with Gasteiger partial charge in [0.2, 0.25) is 17.6 Å². The molecule has 0 N–H and O–H groups in total. The summed E-state index contributed by atoms with van der Waals surface area (Å²) in [5, 5.41) is 4.05. The monoisotopic (exact) mass is 367 g/mol. The Morgan fingerprint density at radius 2 is 2.07 bits per heavy atom. The second kappa shape index (κ2) is 7.19. The molecule has 1 fully saturated rings. The minimum atomic E-state index is -0.335. The number of anilines is 1. The maximum Gasteiger partial charge on any atom is 0.232 e. The SMILES string of the molecule is CCOc1cccc(-c2noc(C3CC(=O)N(c4ccc(F)cc4)C3)n2)c1. The molecule has 2 aromatic carbocycles. The third kappa shape index (κ3) is 3.53. The third-order valence-corrected chi connectivity index (χ3v) is 4.46. The zero-order chi connectivity index (χ0) is 18.8. The lowest BCUT2D eigenvalue weighted by atomic mass is 10.1. The minimum absolute atomic E-state index is 0.0512. The molecule has 138 valence electrons. The maximum absolute atomic E-state index is 13.1.